The molecule has 0 aliphatic carbocycles. The number of aliphatic hydroxyl groups is 1. The Labute approximate surface area is 134 Å². The Balaban J connectivity index is 1.79. The summed E-state index contributed by atoms with van der Waals surface area (Å²) in [6.45, 7) is 0. The largest absolute Gasteiger partial charge is 0.504 e. The number of aromatic nitrogens is 3. The van der Waals surface area contributed by atoms with Gasteiger partial charge in [0.2, 0.25) is 11.6 Å². The van der Waals surface area contributed by atoms with Gasteiger partial charge in [-0.3, -0.25) is 9.89 Å². The lowest BCUT2D eigenvalue weighted by Crippen LogP contribution is -1.96. The Morgan fingerprint density at radius 3 is 2.71 bits per heavy atom. The Bertz CT molecular complexity index is 884. The molecule has 0 radical (unpaired) electrons. The summed E-state index contributed by atoms with van der Waals surface area (Å²) < 4.78 is 31.5. The first-order valence-electron chi connectivity index (χ1n) is 6.86. The van der Waals surface area contributed by atoms with Crippen molar-refractivity contribution in [2.24, 2.45) is 0 Å². The van der Waals surface area contributed by atoms with E-state index in [4.69, 9.17) is 4.42 Å². The zero-order valence-electron chi connectivity index (χ0n) is 12.2. The van der Waals surface area contributed by atoms with E-state index in [1.54, 1.807) is 0 Å². The Kier molecular flexibility index (Phi) is 4.19. The summed E-state index contributed by atoms with van der Waals surface area (Å²) in [7, 11) is 0. The zero-order valence-corrected chi connectivity index (χ0v) is 12.2. The second kappa shape index (κ2) is 6.45. The summed E-state index contributed by atoms with van der Waals surface area (Å²) in [5.41, 5.74) is 0.810. The number of ketones is 1. The molecule has 0 saturated carbocycles. The maximum atomic E-state index is 13.8. The second-order valence-electron chi connectivity index (χ2n) is 4.93. The molecule has 2 N–H and O–H groups in total. The van der Waals surface area contributed by atoms with Crippen molar-refractivity contribution in [2.75, 3.05) is 0 Å². The van der Waals surface area contributed by atoms with Crippen LogP contribution in [0.4, 0.5) is 8.78 Å². The van der Waals surface area contributed by atoms with Gasteiger partial charge in [0, 0.05) is 18.1 Å². The lowest BCUT2D eigenvalue weighted by Gasteiger charge is -1.97. The van der Waals surface area contributed by atoms with Gasteiger partial charge in [-0.05, 0) is 23.8 Å². The molecule has 0 amide bonds. The number of nitrogens with one attached hydrogen (secondary N) is 1. The fourth-order valence-electron chi connectivity index (χ4n) is 2.06. The van der Waals surface area contributed by atoms with Gasteiger partial charge in [-0.25, -0.2) is 9.37 Å². The average Bonchev–Trinajstić information content (AvgIpc) is 3.20. The smallest absolute Gasteiger partial charge is 0.281 e. The summed E-state index contributed by atoms with van der Waals surface area (Å²) in [5, 5.41) is 15.7. The number of rotatable bonds is 5. The molecule has 1 aromatic carbocycles. The van der Waals surface area contributed by atoms with Crippen LogP contribution in [-0.2, 0) is 6.42 Å². The van der Waals surface area contributed by atoms with Gasteiger partial charge in [0.25, 0.3) is 6.01 Å². The molecule has 24 heavy (non-hydrogen) atoms. The average molecular weight is 331 g/mol. The standard InChI is InChI=1S/C16H11F2N3O3/c17-11-3-1-9(2-4-11)5-10-6-14(24-15(10)18)12(22)7-13(23)16-19-8-20-21-16/h1-4,6-8,23H,5H2,(H,19,20,21). The first kappa shape index (κ1) is 15.6. The lowest BCUT2D eigenvalue weighted by molar-refractivity contribution is 0.101. The third-order valence-corrected chi connectivity index (χ3v) is 3.22. The van der Waals surface area contributed by atoms with Gasteiger partial charge in [-0.2, -0.15) is 9.49 Å². The van der Waals surface area contributed by atoms with Crippen LogP contribution >= 0.6 is 0 Å². The van der Waals surface area contributed by atoms with Crippen molar-refractivity contribution in [1.82, 2.24) is 15.2 Å². The molecule has 0 aliphatic heterocycles. The van der Waals surface area contributed by atoms with Gasteiger partial charge < -0.3 is 9.52 Å². The highest BCUT2D eigenvalue weighted by Crippen LogP contribution is 2.19. The first-order valence-corrected chi connectivity index (χ1v) is 6.86. The number of allylic oxidation sites excluding steroid dienone is 1. The molecular weight excluding hydrogens is 320 g/mol. The number of aromatic amines is 1. The Hall–Kier alpha value is -3.29. The van der Waals surface area contributed by atoms with Crippen molar-refractivity contribution in [1.29, 1.82) is 0 Å². The van der Waals surface area contributed by atoms with Crippen molar-refractivity contribution in [3.8, 4) is 0 Å². The van der Waals surface area contributed by atoms with Crippen LogP contribution in [-0.4, -0.2) is 26.1 Å². The summed E-state index contributed by atoms with van der Waals surface area (Å²) in [4.78, 5) is 15.7. The van der Waals surface area contributed by atoms with Crippen LogP contribution in [0.1, 0.15) is 27.5 Å². The minimum absolute atomic E-state index is 0.0677. The van der Waals surface area contributed by atoms with Crippen LogP contribution < -0.4 is 0 Å². The monoisotopic (exact) mass is 331 g/mol. The summed E-state index contributed by atoms with van der Waals surface area (Å²) in [6.07, 6.45) is 2.21. The molecule has 3 rings (SSSR count). The van der Waals surface area contributed by atoms with Crippen LogP contribution in [0.2, 0.25) is 0 Å². The van der Waals surface area contributed by atoms with E-state index in [-0.39, 0.29) is 23.6 Å². The number of aliphatic hydroxyl groups excluding tert-OH is 1. The molecule has 0 bridgehead atoms. The van der Waals surface area contributed by atoms with Crippen LogP contribution in [0, 0.1) is 11.8 Å². The van der Waals surface area contributed by atoms with Gasteiger partial charge >= 0.3 is 0 Å². The molecular formula is C16H11F2N3O3. The second-order valence-corrected chi connectivity index (χ2v) is 4.93. The third-order valence-electron chi connectivity index (χ3n) is 3.22. The molecule has 122 valence electrons. The number of carbonyl (C=O) groups is 1. The first-order chi connectivity index (χ1) is 11.5. The van der Waals surface area contributed by atoms with E-state index in [9.17, 15) is 18.7 Å². The number of hydrogen-bond donors (Lipinski definition) is 2. The van der Waals surface area contributed by atoms with Gasteiger partial charge in [-0.1, -0.05) is 12.1 Å². The number of hydrogen-bond acceptors (Lipinski definition) is 5. The van der Waals surface area contributed by atoms with E-state index in [2.05, 4.69) is 15.2 Å². The predicted molar refractivity (Wildman–Crippen MR) is 79.2 cm³/mol. The number of halogens is 2. The maximum Gasteiger partial charge on any atom is 0.281 e. The normalized spacial score (nSPS) is 11.7. The maximum absolute atomic E-state index is 13.8. The van der Waals surface area contributed by atoms with Gasteiger partial charge in [-0.15, -0.1) is 0 Å². The topological polar surface area (TPSA) is 92.0 Å². The molecule has 0 atom stereocenters. The fraction of sp³-hybridized carbons (Fsp3) is 0.0625. The van der Waals surface area contributed by atoms with E-state index in [0.717, 1.165) is 6.08 Å². The number of furan rings is 1. The molecule has 0 saturated heterocycles. The lowest BCUT2D eigenvalue weighted by atomic mass is 10.1. The predicted octanol–water partition coefficient (Wildman–Crippen LogP) is 3.05. The Morgan fingerprint density at radius 2 is 2.04 bits per heavy atom. The molecule has 6 nitrogen and oxygen atoms in total. The third kappa shape index (κ3) is 3.37. The van der Waals surface area contributed by atoms with E-state index >= 15 is 0 Å². The highest BCUT2D eigenvalue weighted by Gasteiger charge is 2.17. The molecule has 2 aromatic heterocycles. The summed E-state index contributed by atoms with van der Waals surface area (Å²) >= 11 is 0. The molecule has 8 heteroatoms. The van der Waals surface area contributed by atoms with E-state index < -0.39 is 23.4 Å². The van der Waals surface area contributed by atoms with Crippen LogP contribution in [0.25, 0.3) is 5.76 Å². The van der Waals surface area contributed by atoms with Gasteiger partial charge in [0.05, 0.1) is 0 Å². The minimum Gasteiger partial charge on any atom is -0.504 e. The Morgan fingerprint density at radius 1 is 1.29 bits per heavy atom. The fourth-order valence-corrected chi connectivity index (χ4v) is 2.06. The highest BCUT2D eigenvalue weighted by atomic mass is 19.1. The van der Waals surface area contributed by atoms with Crippen molar-refractivity contribution >= 4 is 11.5 Å². The van der Waals surface area contributed by atoms with Gasteiger partial charge in [0.15, 0.2) is 11.5 Å². The number of benzene rings is 1. The highest BCUT2D eigenvalue weighted by molar-refractivity contribution is 6.05. The SMILES string of the molecule is O=C(C=C(O)c1nc[nH]n1)c1cc(Cc2ccc(F)cc2)c(F)o1. The summed E-state index contributed by atoms with van der Waals surface area (Å²) in [6, 6.07) is 5.88. The van der Waals surface area contributed by atoms with E-state index in [0.29, 0.717) is 5.56 Å². The van der Waals surface area contributed by atoms with Crippen LogP contribution in [0.5, 0.6) is 0 Å². The zero-order chi connectivity index (χ0) is 17.1. The minimum atomic E-state index is -0.909. The molecule has 0 fully saturated rings. The molecule has 0 spiro atoms. The van der Waals surface area contributed by atoms with Crippen molar-refractivity contribution in [2.45, 2.75) is 6.42 Å². The quantitative estimate of drug-likeness (QED) is 0.426. The molecule has 0 aliphatic rings. The summed E-state index contributed by atoms with van der Waals surface area (Å²) in [5.74, 6) is -1.94. The number of nitrogens with zero attached hydrogens (tertiary/aromatic N) is 2. The number of H-pyrrole nitrogens is 1. The van der Waals surface area contributed by atoms with Crippen molar-refractivity contribution in [3.63, 3.8) is 0 Å². The van der Waals surface area contributed by atoms with Crippen LogP contribution in [0.15, 0.2) is 47.2 Å². The molecule has 0 unspecified atom stereocenters. The molecule has 2 heterocycles. The van der Waals surface area contributed by atoms with Crippen molar-refractivity contribution in [3.05, 3.63) is 77.3 Å². The van der Waals surface area contributed by atoms with Crippen molar-refractivity contribution < 1.29 is 23.1 Å². The number of carbonyl (C=O) groups excluding carboxylic acids is 1. The van der Waals surface area contributed by atoms with Crippen LogP contribution in [0.3, 0.4) is 0 Å². The molecule has 3 aromatic rings. The van der Waals surface area contributed by atoms with E-state index in [1.807, 2.05) is 0 Å². The van der Waals surface area contributed by atoms with E-state index in [1.165, 1.54) is 36.7 Å². The van der Waals surface area contributed by atoms with Gasteiger partial charge in [0.1, 0.15) is 12.1 Å².